The number of rotatable bonds is 6. The minimum absolute atomic E-state index is 0.327. The summed E-state index contributed by atoms with van der Waals surface area (Å²) >= 11 is 0. The average Bonchev–Trinajstić information content (AvgIpc) is 2.80. The van der Waals surface area contributed by atoms with Gasteiger partial charge in [-0.2, -0.15) is 0 Å². The summed E-state index contributed by atoms with van der Waals surface area (Å²) in [7, 11) is 0. The zero-order valence-electron chi connectivity index (χ0n) is 16.8. The molecule has 1 aliphatic rings. The molecule has 0 saturated carbocycles. The van der Waals surface area contributed by atoms with Gasteiger partial charge in [0.15, 0.2) is 0 Å². The zero-order chi connectivity index (χ0) is 19.7. The van der Waals surface area contributed by atoms with Gasteiger partial charge in [0.25, 0.3) is 0 Å². The number of benzene rings is 3. The largest absolute Gasteiger partial charge is 0.297 e. The second kappa shape index (κ2) is 10.0. The summed E-state index contributed by atoms with van der Waals surface area (Å²) in [6, 6.07) is 32.5. The topological polar surface area (TPSA) is 6.48 Å². The van der Waals surface area contributed by atoms with E-state index in [4.69, 9.17) is 0 Å². The molecular weight excluding hydrogens is 352 g/mol. The van der Waals surface area contributed by atoms with E-state index in [0.29, 0.717) is 6.04 Å². The molecule has 0 amide bonds. The van der Waals surface area contributed by atoms with E-state index < -0.39 is 0 Å². The van der Waals surface area contributed by atoms with Crippen molar-refractivity contribution in [3.63, 3.8) is 0 Å². The standard InChI is InChI=1S/C27H28N2/c1-4-12-24(13-5-1)14-10-11-19-28-20-22-29(23-21-28)27(25-15-6-2-7-16-25)26-17-8-3-9-18-26/h1-9,11-18,27H,19-23H2. The summed E-state index contributed by atoms with van der Waals surface area (Å²) in [5, 5.41) is 0. The number of hydrogen-bond donors (Lipinski definition) is 0. The van der Waals surface area contributed by atoms with E-state index >= 15 is 0 Å². The third-order valence-electron chi connectivity index (χ3n) is 5.52. The summed E-state index contributed by atoms with van der Waals surface area (Å²) in [6.07, 6.45) is 4.20. The highest BCUT2D eigenvalue weighted by atomic mass is 15.3. The molecule has 2 heteroatoms. The Labute approximate surface area is 174 Å². The molecule has 1 heterocycles. The van der Waals surface area contributed by atoms with Crippen LogP contribution >= 0.6 is 0 Å². The highest BCUT2D eigenvalue weighted by molar-refractivity contribution is 5.48. The first-order valence-corrected chi connectivity index (χ1v) is 10.4. The quantitative estimate of drug-likeness (QED) is 0.538. The second-order valence-corrected chi connectivity index (χ2v) is 7.49. The summed E-state index contributed by atoms with van der Waals surface area (Å²) in [4.78, 5) is 5.13. The van der Waals surface area contributed by atoms with Gasteiger partial charge in [0, 0.05) is 32.7 Å². The Kier molecular flexibility index (Phi) is 6.72. The van der Waals surface area contributed by atoms with Gasteiger partial charge in [-0.05, 0) is 28.8 Å². The van der Waals surface area contributed by atoms with Crippen molar-refractivity contribution in [1.29, 1.82) is 0 Å². The zero-order valence-corrected chi connectivity index (χ0v) is 16.8. The molecular formula is C27H28N2. The van der Waals surface area contributed by atoms with Gasteiger partial charge in [0.05, 0.1) is 6.04 Å². The molecule has 0 bridgehead atoms. The van der Waals surface area contributed by atoms with Crippen LogP contribution in [0.15, 0.2) is 103 Å². The van der Waals surface area contributed by atoms with Crippen LogP contribution < -0.4 is 0 Å². The Balaban J connectivity index is 1.39. The molecule has 1 saturated heterocycles. The van der Waals surface area contributed by atoms with Gasteiger partial charge in [0.2, 0.25) is 0 Å². The van der Waals surface area contributed by atoms with E-state index in [-0.39, 0.29) is 0 Å². The van der Waals surface area contributed by atoms with Crippen LogP contribution in [0.25, 0.3) is 6.08 Å². The molecule has 29 heavy (non-hydrogen) atoms. The maximum atomic E-state index is 3.33. The van der Waals surface area contributed by atoms with Crippen molar-refractivity contribution in [2.24, 2.45) is 0 Å². The van der Waals surface area contributed by atoms with Crippen LogP contribution in [0.3, 0.4) is 0 Å². The third kappa shape index (κ3) is 5.34. The number of hydrogen-bond acceptors (Lipinski definition) is 2. The van der Waals surface area contributed by atoms with Crippen molar-refractivity contribution < 1.29 is 0 Å². The highest BCUT2D eigenvalue weighted by Crippen LogP contribution is 2.29. The van der Waals surface area contributed by atoms with E-state index in [1.165, 1.54) is 16.7 Å². The Morgan fingerprint density at radius 1 is 0.690 bits per heavy atom. The van der Waals surface area contributed by atoms with E-state index in [1.807, 2.05) is 6.07 Å². The Bertz CT molecular complexity index is 881. The monoisotopic (exact) mass is 380 g/mol. The first kappa shape index (κ1) is 19.4. The second-order valence-electron chi connectivity index (χ2n) is 7.49. The SMILES string of the molecule is C(=CCN1CCN(C(c2ccccc2)c2ccccc2)CC1)=Cc1ccccc1. The lowest BCUT2D eigenvalue weighted by atomic mass is 9.96. The molecule has 0 aliphatic carbocycles. The molecule has 0 aromatic heterocycles. The normalized spacial score (nSPS) is 15.1. The van der Waals surface area contributed by atoms with E-state index in [2.05, 4.69) is 113 Å². The van der Waals surface area contributed by atoms with Gasteiger partial charge in [-0.15, -0.1) is 5.73 Å². The van der Waals surface area contributed by atoms with Gasteiger partial charge < -0.3 is 0 Å². The predicted molar refractivity (Wildman–Crippen MR) is 122 cm³/mol. The molecule has 0 spiro atoms. The average molecular weight is 381 g/mol. The van der Waals surface area contributed by atoms with Gasteiger partial charge in [-0.1, -0.05) is 91.0 Å². The molecule has 3 aromatic carbocycles. The molecule has 4 rings (SSSR count). The van der Waals surface area contributed by atoms with Crippen LogP contribution in [0.2, 0.25) is 0 Å². The molecule has 0 N–H and O–H groups in total. The van der Waals surface area contributed by atoms with E-state index in [0.717, 1.165) is 32.7 Å². The molecule has 1 aliphatic heterocycles. The lowest BCUT2D eigenvalue weighted by Gasteiger charge is -2.39. The maximum absolute atomic E-state index is 3.33. The molecule has 0 unspecified atom stereocenters. The molecule has 146 valence electrons. The third-order valence-corrected chi connectivity index (χ3v) is 5.52. The minimum atomic E-state index is 0.327. The smallest absolute Gasteiger partial charge is 0.0602 e. The van der Waals surface area contributed by atoms with Gasteiger partial charge in [-0.25, -0.2) is 0 Å². The van der Waals surface area contributed by atoms with Crippen LogP contribution in [-0.4, -0.2) is 42.5 Å². The Morgan fingerprint density at radius 3 is 1.76 bits per heavy atom. The van der Waals surface area contributed by atoms with Gasteiger partial charge >= 0.3 is 0 Å². The number of piperazine rings is 1. The summed E-state index contributed by atoms with van der Waals surface area (Å²) in [5.41, 5.74) is 7.27. The Hall–Kier alpha value is -2.90. The van der Waals surface area contributed by atoms with Crippen LogP contribution in [0.1, 0.15) is 22.7 Å². The lowest BCUT2D eigenvalue weighted by Crippen LogP contribution is -2.47. The lowest BCUT2D eigenvalue weighted by molar-refractivity contribution is 0.118. The van der Waals surface area contributed by atoms with Gasteiger partial charge in [-0.3, -0.25) is 9.80 Å². The van der Waals surface area contributed by atoms with E-state index in [1.54, 1.807) is 0 Å². The van der Waals surface area contributed by atoms with Crippen LogP contribution in [0.5, 0.6) is 0 Å². The Morgan fingerprint density at radius 2 is 1.21 bits per heavy atom. The van der Waals surface area contributed by atoms with Crippen molar-refractivity contribution in [3.8, 4) is 0 Å². The van der Waals surface area contributed by atoms with E-state index in [9.17, 15) is 0 Å². The van der Waals surface area contributed by atoms with Gasteiger partial charge in [0.1, 0.15) is 0 Å². The van der Waals surface area contributed by atoms with Crippen LogP contribution in [-0.2, 0) is 0 Å². The van der Waals surface area contributed by atoms with Crippen molar-refractivity contribution in [1.82, 2.24) is 9.80 Å². The summed E-state index contributed by atoms with van der Waals surface area (Å²) in [6.45, 7) is 5.27. The minimum Gasteiger partial charge on any atom is -0.297 e. The molecule has 2 nitrogen and oxygen atoms in total. The first-order valence-electron chi connectivity index (χ1n) is 10.4. The van der Waals surface area contributed by atoms with Crippen molar-refractivity contribution in [3.05, 3.63) is 119 Å². The van der Waals surface area contributed by atoms with Crippen molar-refractivity contribution in [2.45, 2.75) is 6.04 Å². The molecule has 3 aromatic rings. The fourth-order valence-corrected chi connectivity index (χ4v) is 3.98. The molecule has 0 radical (unpaired) electrons. The van der Waals surface area contributed by atoms with Crippen LogP contribution in [0, 0.1) is 0 Å². The predicted octanol–water partition coefficient (Wildman–Crippen LogP) is 5.26. The molecule has 1 fully saturated rings. The maximum Gasteiger partial charge on any atom is 0.0602 e. The van der Waals surface area contributed by atoms with Crippen molar-refractivity contribution in [2.75, 3.05) is 32.7 Å². The fourth-order valence-electron chi connectivity index (χ4n) is 3.98. The highest BCUT2D eigenvalue weighted by Gasteiger charge is 2.25. The number of nitrogens with zero attached hydrogens (tertiary/aromatic N) is 2. The molecule has 0 atom stereocenters. The summed E-state index contributed by atoms with van der Waals surface area (Å²) in [5.74, 6) is 0. The van der Waals surface area contributed by atoms with Crippen molar-refractivity contribution >= 4 is 6.08 Å². The fraction of sp³-hybridized carbons (Fsp3) is 0.222. The summed E-state index contributed by atoms with van der Waals surface area (Å²) < 4.78 is 0. The van der Waals surface area contributed by atoms with Crippen LogP contribution in [0.4, 0.5) is 0 Å². The first-order chi connectivity index (χ1) is 14.4.